The first-order valence-electron chi connectivity index (χ1n) is 16.2. The lowest BCUT2D eigenvalue weighted by atomic mass is 9.75. The van der Waals surface area contributed by atoms with E-state index in [0.29, 0.717) is 0 Å². The van der Waals surface area contributed by atoms with Crippen molar-refractivity contribution in [3.8, 4) is 22.3 Å². The molecule has 3 aromatic heterocycles. The molecule has 0 saturated carbocycles. The van der Waals surface area contributed by atoms with Crippen LogP contribution in [0.3, 0.4) is 0 Å². The highest BCUT2D eigenvalue weighted by atomic mass is 32.1. The molecule has 0 fully saturated rings. The van der Waals surface area contributed by atoms with Gasteiger partial charge in [-0.05, 0) is 100.0 Å². The monoisotopic (exact) mass is 634 g/mol. The summed E-state index contributed by atoms with van der Waals surface area (Å²) in [7, 11) is 0. The largest absolute Gasteiger partial charge is 0.456 e. The average molecular weight is 635 g/mol. The quantitative estimate of drug-likeness (QED) is 0.184. The van der Waals surface area contributed by atoms with Crippen molar-refractivity contribution in [1.29, 1.82) is 0 Å². The number of rotatable bonds is 2. The first-order chi connectivity index (χ1) is 23.3. The van der Waals surface area contributed by atoms with Gasteiger partial charge in [-0.15, -0.1) is 22.7 Å². The summed E-state index contributed by atoms with van der Waals surface area (Å²) in [6, 6.07) is 51.8. The van der Waals surface area contributed by atoms with Gasteiger partial charge >= 0.3 is 0 Å². The molecule has 47 heavy (non-hydrogen) atoms. The minimum Gasteiger partial charge on any atom is -0.456 e. The van der Waals surface area contributed by atoms with Gasteiger partial charge < -0.3 is 4.42 Å². The van der Waals surface area contributed by atoms with Crippen LogP contribution in [0.4, 0.5) is 0 Å². The molecule has 1 aliphatic rings. The maximum Gasteiger partial charge on any atom is 0.136 e. The highest BCUT2D eigenvalue weighted by Crippen LogP contribution is 2.48. The summed E-state index contributed by atoms with van der Waals surface area (Å²) in [4.78, 5) is 0. The van der Waals surface area contributed by atoms with E-state index in [1.807, 2.05) is 22.7 Å². The van der Waals surface area contributed by atoms with Gasteiger partial charge in [0.2, 0.25) is 0 Å². The van der Waals surface area contributed by atoms with Crippen LogP contribution in [-0.4, -0.2) is 0 Å². The molecule has 0 amide bonds. The van der Waals surface area contributed by atoms with Crippen LogP contribution < -0.4 is 0 Å². The molecule has 7 aromatic carbocycles. The molecule has 0 radical (unpaired) electrons. The topological polar surface area (TPSA) is 13.1 Å². The molecule has 1 aliphatic carbocycles. The predicted molar refractivity (Wildman–Crippen MR) is 202 cm³/mol. The molecule has 11 rings (SSSR count). The summed E-state index contributed by atoms with van der Waals surface area (Å²) in [6.45, 7) is 0. The fraction of sp³-hybridized carbons (Fsp3) is 0.0455. The van der Waals surface area contributed by atoms with Crippen LogP contribution in [0, 0.1) is 0 Å². The first-order valence-corrected chi connectivity index (χ1v) is 17.8. The van der Waals surface area contributed by atoms with Crippen LogP contribution in [-0.2, 0) is 6.42 Å². The molecule has 0 bridgehead atoms. The Balaban J connectivity index is 1.13. The van der Waals surface area contributed by atoms with Crippen molar-refractivity contribution in [2.24, 2.45) is 0 Å². The standard InChI is InChI=1S/C44H26OS2/c1-2-9-28-25(8-1)20-32(33-23-36-31-11-4-6-15-41(31)47-43(36)24-34(28)33)27-16-18-38-37(22-27)44-29(12-7-13-39(44)45-38)26-17-19-42-35(21-26)30-10-3-5-14-40(30)46-42/h1-19,21-24,32H,20H2. The van der Waals surface area contributed by atoms with Crippen LogP contribution in [0.1, 0.15) is 22.6 Å². The Morgan fingerprint density at radius 1 is 0.468 bits per heavy atom. The Labute approximate surface area is 278 Å². The van der Waals surface area contributed by atoms with Crippen molar-refractivity contribution in [3.05, 3.63) is 156 Å². The third kappa shape index (κ3) is 3.76. The summed E-state index contributed by atoms with van der Waals surface area (Å²) >= 11 is 3.76. The molecule has 0 saturated heterocycles. The summed E-state index contributed by atoms with van der Waals surface area (Å²) in [5.41, 5.74) is 11.2. The van der Waals surface area contributed by atoms with Gasteiger partial charge in [0.05, 0.1) is 0 Å². The highest BCUT2D eigenvalue weighted by Gasteiger charge is 2.28. The zero-order valence-electron chi connectivity index (χ0n) is 25.3. The average Bonchev–Trinajstić information content (AvgIpc) is 3.80. The van der Waals surface area contributed by atoms with E-state index < -0.39 is 0 Å². The van der Waals surface area contributed by atoms with E-state index in [1.54, 1.807) is 0 Å². The molecule has 3 heteroatoms. The van der Waals surface area contributed by atoms with E-state index in [-0.39, 0.29) is 5.92 Å². The van der Waals surface area contributed by atoms with Crippen molar-refractivity contribution in [1.82, 2.24) is 0 Å². The second-order valence-corrected chi connectivity index (χ2v) is 15.0. The van der Waals surface area contributed by atoms with Crippen LogP contribution in [0.5, 0.6) is 0 Å². The van der Waals surface area contributed by atoms with Gasteiger partial charge in [-0.3, -0.25) is 0 Å². The molecule has 0 N–H and O–H groups in total. The van der Waals surface area contributed by atoms with Gasteiger partial charge in [-0.25, -0.2) is 0 Å². The van der Waals surface area contributed by atoms with E-state index in [9.17, 15) is 0 Å². The van der Waals surface area contributed by atoms with Crippen molar-refractivity contribution in [2.75, 3.05) is 0 Å². The normalized spacial score (nSPS) is 14.5. The van der Waals surface area contributed by atoms with Gasteiger partial charge in [0.15, 0.2) is 0 Å². The number of benzene rings is 7. The third-order valence-corrected chi connectivity index (χ3v) is 12.6. The van der Waals surface area contributed by atoms with Gasteiger partial charge in [0.25, 0.3) is 0 Å². The second-order valence-electron chi connectivity index (χ2n) is 12.8. The van der Waals surface area contributed by atoms with E-state index in [0.717, 1.165) is 17.6 Å². The minimum absolute atomic E-state index is 0.248. The lowest BCUT2D eigenvalue weighted by Gasteiger charge is -2.28. The van der Waals surface area contributed by atoms with Crippen LogP contribution >= 0.6 is 22.7 Å². The molecule has 10 aromatic rings. The number of hydrogen-bond acceptors (Lipinski definition) is 3. The Kier molecular flexibility index (Phi) is 5.32. The third-order valence-electron chi connectivity index (χ3n) is 10.3. The van der Waals surface area contributed by atoms with Gasteiger partial charge in [0, 0.05) is 57.0 Å². The Morgan fingerprint density at radius 2 is 1.19 bits per heavy atom. The fourth-order valence-electron chi connectivity index (χ4n) is 8.09. The summed E-state index contributed by atoms with van der Waals surface area (Å²) in [5.74, 6) is 0.248. The van der Waals surface area contributed by atoms with Crippen LogP contribution in [0.15, 0.2) is 144 Å². The number of fused-ring (bicyclic) bond motifs is 12. The number of hydrogen-bond donors (Lipinski definition) is 0. The zero-order chi connectivity index (χ0) is 30.6. The van der Waals surface area contributed by atoms with E-state index >= 15 is 0 Å². The SMILES string of the molecule is c1ccc2c(c1)CC(c1ccc3oc4cccc(-c5ccc6sc7ccccc7c6c5)c4c3c1)c1cc3c(cc1-2)sc1ccccc13. The van der Waals surface area contributed by atoms with Crippen molar-refractivity contribution in [3.63, 3.8) is 0 Å². The summed E-state index contributed by atoms with van der Waals surface area (Å²) in [5, 5.41) is 7.74. The molecule has 0 spiro atoms. The fourth-order valence-corrected chi connectivity index (χ4v) is 10.3. The van der Waals surface area contributed by atoms with Crippen molar-refractivity contribution >= 4 is 85.0 Å². The van der Waals surface area contributed by atoms with Gasteiger partial charge in [-0.2, -0.15) is 0 Å². The van der Waals surface area contributed by atoms with Crippen molar-refractivity contribution < 1.29 is 4.42 Å². The van der Waals surface area contributed by atoms with E-state index in [4.69, 9.17) is 4.42 Å². The zero-order valence-corrected chi connectivity index (χ0v) is 26.9. The second kappa shape index (κ2) is 9.65. The molecule has 1 atom stereocenters. The van der Waals surface area contributed by atoms with Crippen LogP contribution in [0.2, 0.25) is 0 Å². The first kappa shape index (κ1) is 25.9. The highest BCUT2D eigenvalue weighted by molar-refractivity contribution is 7.26. The van der Waals surface area contributed by atoms with Gasteiger partial charge in [0.1, 0.15) is 11.2 Å². The molecule has 1 unspecified atom stereocenters. The molecule has 3 heterocycles. The maximum atomic E-state index is 6.52. The minimum atomic E-state index is 0.248. The summed E-state index contributed by atoms with van der Waals surface area (Å²) < 4.78 is 11.9. The molecule has 1 nitrogen and oxygen atoms in total. The molecule has 0 aliphatic heterocycles. The number of furan rings is 1. The molecular weight excluding hydrogens is 609 g/mol. The predicted octanol–water partition coefficient (Wildman–Crippen LogP) is 13.3. The Bertz CT molecular complexity index is 2900. The van der Waals surface area contributed by atoms with E-state index in [2.05, 4.69) is 140 Å². The van der Waals surface area contributed by atoms with Gasteiger partial charge in [-0.1, -0.05) is 84.9 Å². The molecular formula is C44H26OS2. The smallest absolute Gasteiger partial charge is 0.136 e. The maximum absolute atomic E-state index is 6.52. The Hall–Kier alpha value is -5.22. The Morgan fingerprint density at radius 3 is 2.06 bits per heavy atom. The molecule has 220 valence electrons. The lowest BCUT2D eigenvalue weighted by molar-refractivity contribution is 0.668. The van der Waals surface area contributed by atoms with E-state index in [1.165, 1.54) is 90.1 Å². The summed E-state index contributed by atoms with van der Waals surface area (Å²) in [6.07, 6.45) is 0.979. The lowest BCUT2D eigenvalue weighted by Crippen LogP contribution is -2.12. The van der Waals surface area contributed by atoms with Crippen molar-refractivity contribution in [2.45, 2.75) is 12.3 Å². The number of thiophene rings is 2. The van der Waals surface area contributed by atoms with Crippen LogP contribution in [0.25, 0.3) is 84.5 Å².